The van der Waals surface area contributed by atoms with Gasteiger partial charge in [0.05, 0.1) is 0 Å². The minimum absolute atomic E-state index is 0.0189. The lowest BCUT2D eigenvalue weighted by molar-refractivity contribution is 0.102. The largest absolute Gasteiger partial charge is 0.454 e. The minimum atomic E-state index is -0.639. The first kappa shape index (κ1) is 18.4. The SMILES string of the molecule is Cc1cc(Oc2ccc(NC(=O)c3c(C)n(C)n(C)c3=O)cc2F)ccn1. The molecule has 0 radical (unpaired) electrons. The van der Waals surface area contributed by atoms with Crippen molar-refractivity contribution < 1.29 is 13.9 Å². The lowest BCUT2D eigenvalue weighted by Gasteiger charge is -2.09. The molecule has 0 aliphatic heterocycles. The van der Waals surface area contributed by atoms with E-state index in [0.29, 0.717) is 11.4 Å². The number of hydrogen-bond acceptors (Lipinski definition) is 4. The van der Waals surface area contributed by atoms with Crippen LogP contribution in [-0.4, -0.2) is 20.3 Å². The van der Waals surface area contributed by atoms with Gasteiger partial charge in [0, 0.05) is 49.5 Å². The second kappa shape index (κ2) is 7.06. The van der Waals surface area contributed by atoms with Gasteiger partial charge < -0.3 is 10.1 Å². The normalized spacial score (nSPS) is 10.7. The summed E-state index contributed by atoms with van der Waals surface area (Å²) < 4.78 is 22.8. The molecular weight excluding hydrogens is 351 g/mol. The lowest BCUT2D eigenvalue weighted by atomic mass is 10.2. The monoisotopic (exact) mass is 370 g/mol. The lowest BCUT2D eigenvalue weighted by Crippen LogP contribution is -2.24. The molecule has 1 N–H and O–H groups in total. The van der Waals surface area contributed by atoms with Gasteiger partial charge in [0.25, 0.3) is 11.5 Å². The third-order valence-electron chi connectivity index (χ3n) is 4.32. The second-order valence-corrected chi connectivity index (χ2v) is 6.15. The average Bonchev–Trinajstić information content (AvgIpc) is 2.81. The van der Waals surface area contributed by atoms with Crippen LogP contribution in [0.4, 0.5) is 10.1 Å². The fourth-order valence-corrected chi connectivity index (χ4v) is 2.67. The van der Waals surface area contributed by atoms with E-state index in [4.69, 9.17) is 4.74 Å². The number of pyridine rings is 1. The zero-order valence-electron chi connectivity index (χ0n) is 15.4. The molecule has 2 aromatic heterocycles. The molecule has 0 spiro atoms. The smallest absolute Gasteiger partial charge is 0.279 e. The quantitative estimate of drug-likeness (QED) is 0.766. The predicted octanol–water partition coefficient (Wildman–Crippen LogP) is 2.92. The van der Waals surface area contributed by atoms with Crippen molar-refractivity contribution in [3.05, 3.63) is 69.7 Å². The molecule has 0 aliphatic rings. The van der Waals surface area contributed by atoms with Crippen LogP contribution in [0.5, 0.6) is 11.5 Å². The zero-order valence-corrected chi connectivity index (χ0v) is 15.4. The Bertz CT molecular complexity index is 1090. The van der Waals surface area contributed by atoms with E-state index in [1.54, 1.807) is 51.0 Å². The Morgan fingerprint density at radius 1 is 1.15 bits per heavy atom. The van der Waals surface area contributed by atoms with E-state index in [9.17, 15) is 14.0 Å². The van der Waals surface area contributed by atoms with Crippen molar-refractivity contribution in [1.29, 1.82) is 0 Å². The van der Waals surface area contributed by atoms with Gasteiger partial charge in [0.1, 0.15) is 11.3 Å². The Kier molecular flexibility index (Phi) is 4.81. The Labute approximate surface area is 155 Å². The van der Waals surface area contributed by atoms with Gasteiger partial charge in [-0.05, 0) is 32.0 Å². The number of hydrogen-bond donors (Lipinski definition) is 1. The van der Waals surface area contributed by atoms with Crippen LogP contribution < -0.4 is 15.6 Å². The summed E-state index contributed by atoms with van der Waals surface area (Å²) in [5.74, 6) is -0.751. The van der Waals surface area contributed by atoms with Gasteiger partial charge in [-0.1, -0.05) is 0 Å². The van der Waals surface area contributed by atoms with Crippen LogP contribution in [0.1, 0.15) is 21.7 Å². The highest BCUT2D eigenvalue weighted by Crippen LogP contribution is 2.27. The maximum atomic E-state index is 14.4. The van der Waals surface area contributed by atoms with Crippen LogP contribution in [0.15, 0.2) is 41.3 Å². The Hall–Kier alpha value is -3.42. The number of anilines is 1. The van der Waals surface area contributed by atoms with Gasteiger partial charge in [-0.25, -0.2) is 4.39 Å². The fourth-order valence-electron chi connectivity index (χ4n) is 2.67. The molecule has 3 rings (SSSR count). The van der Waals surface area contributed by atoms with Crippen molar-refractivity contribution >= 4 is 11.6 Å². The third-order valence-corrected chi connectivity index (χ3v) is 4.32. The van der Waals surface area contributed by atoms with Gasteiger partial charge in [-0.3, -0.25) is 23.9 Å². The van der Waals surface area contributed by atoms with Crippen LogP contribution in [0.25, 0.3) is 0 Å². The third kappa shape index (κ3) is 3.59. The van der Waals surface area contributed by atoms with E-state index >= 15 is 0 Å². The number of halogens is 1. The summed E-state index contributed by atoms with van der Waals surface area (Å²) in [4.78, 5) is 28.7. The van der Waals surface area contributed by atoms with Crippen molar-refractivity contribution in [3.8, 4) is 11.5 Å². The summed E-state index contributed by atoms with van der Waals surface area (Å²) >= 11 is 0. The van der Waals surface area contributed by atoms with Gasteiger partial charge in [-0.15, -0.1) is 0 Å². The molecule has 0 aliphatic carbocycles. The topological polar surface area (TPSA) is 78.1 Å². The molecule has 140 valence electrons. The van der Waals surface area contributed by atoms with Crippen molar-refractivity contribution in [1.82, 2.24) is 14.3 Å². The van der Waals surface area contributed by atoms with Gasteiger partial charge in [0.15, 0.2) is 11.6 Å². The van der Waals surface area contributed by atoms with Crippen LogP contribution in [0, 0.1) is 19.7 Å². The number of carbonyl (C=O) groups is 1. The molecule has 0 unspecified atom stereocenters. The number of amides is 1. The molecular formula is C19H19FN4O3. The summed E-state index contributed by atoms with van der Waals surface area (Å²) in [6.45, 7) is 3.47. The van der Waals surface area contributed by atoms with E-state index in [1.165, 1.54) is 16.8 Å². The fraction of sp³-hybridized carbons (Fsp3) is 0.211. The second-order valence-electron chi connectivity index (χ2n) is 6.15. The molecule has 0 saturated heterocycles. The van der Waals surface area contributed by atoms with E-state index in [-0.39, 0.29) is 17.0 Å². The number of benzene rings is 1. The van der Waals surface area contributed by atoms with Crippen LogP contribution in [0.2, 0.25) is 0 Å². The molecule has 7 nitrogen and oxygen atoms in total. The summed E-state index contributed by atoms with van der Waals surface area (Å²) in [6, 6.07) is 7.37. The Balaban J connectivity index is 1.81. The summed E-state index contributed by atoms with van der Waals surface area (Å²) in [5.41, 5.74) is 1.10. The first-order valence-electron chi connectivity index (χ1n) is 8.22. The maximum absolute atomic E-state index is 14.4. The van der Waals surface area contributed by atoms with E-state index in [2.05, 4.69) is 10.3 Å². The highest BCUT2D eigenvalue weighted by molar-refractivity contribution is 6.04. The summed E-state index contributed by atoms with van der Waals surface area (Å²) in [5, 5.41) is 2.55. The number of aryl methyl sites for hydroxylation is 1. The van der Waals surface area contributed by atoms with Gasteiger partial charge in [-0.2, -0.15) is 0 Å². The summed E-state index contributed by atoms with van der Waals surface area (Å²) in [6.07, 6.45) is 1.57. The average molecular weight is 370 g/mol. The molecule has 3 aromatic rings. The maximum Gasteiger partial charge on any atom is 0.279 e. The van der Waals surface area contributed by atoms with Crippen molar-refractivity contribution in [2.45, 2.75) is 13.8 Å². The highest BCUT2D eigenvalue weighted by atomic mass is 19.1. The Morgan fingerprint density at radius 3 is 2.48 bits per heavy atom. The van der Waals surface area contributed by atoms with Gasteiger partial charge in [0.2, 0.25) is 0 Å². The molecule has 1 aromatic carbocycles. The first-order valence-corrected chi connectivity index (χ1v) is 8.22. The first-order chi connectivity index (χ1) is 12.8. The van der Waals surface area contributed by atoms with Crippen LogP contribution in [0.3, 0.4) is 0 Å². The molecule has 27 heavy (non-hydrogen) atoms. The molecule has 0 bridgehead atoms. The number of ether oxygens (including phenoxy) is 1. The number of carbonyl (C=O) groups excluding carboxylic acids is 1. The molecule has 2 heterocycles. The highest BCUT2D eigenvalue weighted by Gasteiger charge is 2.20. The molecule has 0 fully saturated rings. The number of nitrogens with one attached hydrogen (secondary N) is 1. The number of aromatic nitrogens is 3. The minimum Gasteiger partial charge on any atom is -0.454 e. The molecule has 1 amide bonds. The van der Waals surface area contributed by atoms with Crippen molar-refractivity contribution in [3.63, 3.8) is 0 Å². The van der Waals surface area contributed by atoms with E-state index in [1.807, 2.05) is 0 Å². The van der Waals surface area contributed by atoms with Crippen LogP contribution in [-0.2, 0) is 14.1 Å². The van der Waals surface area contributed by atoms with Gasteiger partial charge >= 0.3 is 0 Å². The molecule has 0 saturated carbocycles. The Morgan fingerprint density at radius 2 is 1.89 bits per heavy atom. The number of nitrogens with zero attached hydrogens (tertiary/aromatic N) is 3. The number of rotatable bonds is 4. The van der Waals surface area contributed by atoms with Crippen molar-refractivity contribution in [2.75, 3.05) is 5.32 Å². The molecule has 0 atom stereocenters. The summed E-state index contributed by atoms with van der Waals surface area (Å²) in [7, 11) is 3.25. The predicted molar refractivity (Wildman–Crippen MR) is 98.8 cm³/mol. The zero-order chi connectivity index (χ0) is 19.7. The molecule has 8 heteroatoms. The standard InChI is InChI=1S/C19H19FN4O3/c1-11-9-14(7-8-21-11)27-16-6-5-13(10-15(16)20)22-18(25)17-12(2)23(3)24(4)19(17)26/h5-10H,1-4H3,(H,22,25). The van der Waals surface area contributed by atoms with E-state index < -0.39 is 17.3 Å². The van der Waals surface area contributed by atoms with E-state index in [0.717, 1.165) is 11.8 Å². The van der Waals surface area contributed by atoms with Crippen LogP contribution >= 0.6 is 0 Å². The van der Waals surface area contributed by atoms with Crippen molar-refractivity contribution in [2.24, 2.45) is 14.1 Å².